The molecule has 0 aliphatic carbocycles. The van der Waals surface area contributed by atoms with Crippen molar-refractivity contribution in [3.8, 4) is 11.5 Å². The molecule has 0 saturated carbocycles. The van der Waals surface area contributed by atoms with Crippen LogP contribution in [0.3, 0.4) is 0 Å². The van der Waals surface area contributed by atoms with Gasteiger partial charge in [0, 0.05) is 11.1 Å². The first-order valence-corrected chi connectivity index (χ1v) is 8.86. The molecule has 0 bridgehead atoms. The Bertz CT molecular complexity index is 804. The summed E-state index contributed by atoms with van der Waals surface area (Å²) in [5.74, 6) is 0.329. The summed E-state index contributed by atoms with van der Waals surface area (Å²) in [7, 11) is 0. The van der Waals surface area contributed by atoms with Crippen LogP contribution < -0.4 is 14.8 Å². The van der Waals surface area contributed by atoms with E-state index >= 15 is 0 Å². The molecule has 0 aromatic heterocycles. The Kier molecular flexibility index (Phi) is 7.04. The number of benzene rings is 2. The molecule has 5 nitrogen and oxygen atoms in total. The minimum Gasteiger partial charge on any atom is -0.490 e. The number of carbonyl (C=O) groups is 2. The summed E-state index contributed by atoms with van der Waals surface area (Å²) < 4.78 is 11.2. The van der Waals surface area contributed by atoms with Crippen LogP contribution in [0, 0.1) is 0 Å². The number of anilines is 1. The van der Waals surface area contributed by atoms with Crippen LogP contribution in [0.5, 0.6) is 11.5 Å². The normalized spacial score (nSPS) is 10.3. The van der Waals surface area contributed by atoms with Crippen molar-refractivity contribution in [2.24, 2.45) is 0 Å². The van der Waals surface area contributed by atoms with Gasteiger partial charge in [-0.2, -0.15) is 0 Å². The van der Waals surface area contributed by atoms with Gasteiger partial charge >= 0.3 is 0 Å². The molecule has 2 rings (SSSR count). The lowest BCUT2D eigenvalue weighted by Crippen LogP contribution is -2.15. The topological polar surface area (TPSA) is 64.6 Å². The number of nitrogens with one attached hydrogen (secondary N) is 1. The third-order valence-electron chi connectivity index (χ3n) is 3.58. The van der Waals surface area contributed by atoms with E-state index in [-0.39, 0.29) is 11.7 Å². The number of ketones is 1. The second-order valence-corrected chi connectivity index (χ2v) is 6.03. The van der Waals surface area contributed by atoms with E-state index < -0.39 is 0 Å². The zero-order chi connectivity index (χ0) is 19.1. The first-order chi connectivity index (χ1) is 12.5. The van der Waals surface area contributed by atoms with E-state index in [9.17, 15) is 9.59 Å². The van der Waals surface area contributed by atoms with Crippen LogP contribution in [-0.2, 0) is 0 Å². The predicted molar refractivity (Wildman–Crippen MR) is 103 cm³/mol. The summed E-state index contributed by atoms with van der Waals surface area (Å²) in [5, 5.41) is 3.05. The van der Waals surface area contributed by atoms with Crippen LogP contribution in [0.2, 0.25) is 5.02 Å². The largest absolute Gasteiger partial charge is 0.490 e. The van der Waals surface area contributed by atoms with Crippen molar-refractivity contribution in [2.45, 2.75) is 27.2 Å². The van der Waals surface area contributed by atoms with Gasteiger partial charge < -0.3 is 14.8 Å². The molecule has 2 aromatic rings. The lowest BCUT2D eigenvalue weighted by atomic mass is 10.1. The summed E-state index contributed by atoms with van der Waals surface area (Å²) in [4.78, 5) is 24.4. The molecule has 0 unspecified atom stereocenters. The van der Waals surface area contributed by atoms with Gasteiger partial charge in [0.15, 0.2) is 17.3 Å². The summed E-state index contributed by atoms with van der Waals surface area (Å²) in [6.45, 7) is 6.19. The molecular weight excluding hydrogens is 354 g/mol. The Hall–Kier alpha value is -2.53. The molecule has 2 aromatic carbocycles. The van der Waals surface area contributed by atoms with Gasteiger partial charge in [0.2, 0.25) is 0 Å². The Morgan fingerprint density at radius 3 is 2.50 bits per heavy atom. The molecule has 1 amide bonds. The van der Waals surface area contributed by atoms with Gasteiger partial charge in [-0.05, 0) is 44.5 Å². The maximum absolute atomic E-state index is 12.6. The highest BCUT2D eigenvalue weighted by Crippen LogP contribution is 2.37. The van der Waals surface area contributed by atoms with Crippen LogP contribution in [-0.4, -0.2) is 24.9 Å². The molecule has 0 saturated heterocycles. The number of carbonyl (C=O) groups excluding carboxylic acids is 2. The van der Waals surface area contributed by atoms with Crippen molar-refractivity contribution in [1.82, 2.24) is 0 Å². The maximum atomic E-state index is 12.6. The lowest BCUT2D eigenvalue weighted by molar-refractivity contribution is 0.101. The standard InChI is InChI=1S/C20H22ClNO4/c1-4-10-26-19-16(21)11-14(12-18(19)25-5-2)20(24)22-17-9-7-6-8-15(17)13(3)23/h6-9,11-12H,4-5,10H2,1-3H3,(H,22,24). The number of hydrogen-bond donors (Lipinski definition) is 1. The highest BCUT2D eigenvalue weighted by Gasteiger charge is 2.17. The van der Waals surface area contributed by atoms with Gasteiger partial charge in [0.1, 0.15) is 0 Å². The zero-order valence-electron chi connectivity index (χ0n) is 15.1. The third kappa shape index (κ3) is 4.76. The first kappa shape index (κ1) is 19.8. The van der Waals surface area contributed by atoms with Crippen LogP contribution in [0.25, 0.3) is 0 Å². The van der Waals surface area contributed by atoms with E-state index in [1.807, 2.05) is 13.8 Å². The molecule has 26 heavy (non-hydrogen) atoms. The van der Waals surface area contributed by atoms with E-state index in [0.717, 1.165) is 6.42 Å². The molecule has 138 valence electrons. The average Bonchev–Trinajstić information content (AvgIpc) is 2.61. The fourth-order valence-corrected chi connectivity index (χ4v) is 2.67. The van der Waals surface area contributed by atoms with Crippen molar-refractivity contribution < 1.29 is 19.1 Å². The van der Waals surface area contributed by atoms with Gasteiger partial charge in [-0.25, -0.2) is 0 Å². The summed E-state index contributed by atoms with van der Waals surface area (Å²) in [6.07, 6.45) is 0.825. The SMILES string of the molecule is CCCOc1c(Cl)cc(C(=O)Nc2ccccc2C(C)=O)cc1OCC. The van der Waals surface area contributed by atoms with E-state index in [2.05, 4.69) is 5.32 Å². The van der Waals surface area contributed by atoms with Crippen molar-refractivity contribution in [2.75, 3.05) is 18.5 Å². The second kappa shape index (κ2) is 9.25. The lowest BCUT2D eigenvalue weighted by Gasteiger charge is -2.15. The predicted octanol–water partition coefficient (Wildman–Crippen LogP) is 4.98. The van der Waals surface area contributed by atoms with Crippen molar-refractivity contribution >= 4 is 29.0 Å². The molecule has 0 atom stereocenters. The first-order valence-electron chi connectivity index (χ1n) is 8.48. The summed E-state index contributed by atoms with van der Waals surface area (Å²) in [6, 6.07) is 9.96. The van der Waals surface area contributed by atoms with Gasteiger partial charge in [-0.3, -0.25) is 9.59 Å². The van der Waals surface area contributed by atoms with Gasteiger partial charge in [0.05, 0.1) is 23.9 Å². The van der Waals surface area contributed by atoms with Crippen LogP contribution in [0.4, 0.5) is 5.69 Å². The number of ether oxygens (including phenoxy) is 2. The van der Waals surface area contributed by atoms with Gasteiger partial charge in [-0.15, -0.1) is 0 Å². The molecule has 6 heteroatoms. The highest BCUT2D eigenvalue weighted by atomic mass is 35.5. The van der Waals surface area contributed by atoms with Crippen LogP contribution in [0.1, 0.15) is 47.9 Å². The zero-order valence-corrected chi connectivity index (χ0v) is 15.9. The average molecular weight is 376 g/mol. The number of Topliss-reactive ketones (excluding diaryl/α,β-unsaturated/α-hetero) is 1. The Balaban J connectivity index is 2.33. The minimum atomic E-state index is -0.386. The van der Waals surface area contributed by atoms with Crippen molar-refractivity contribution in [3.05, 3.63) is 52.5 Å². The van der Waals surface area contributed by atoms with Crippen molar-refractivity contribution in [1.29, 1.82) is 0 Å². The Morgan fingerprint density at radius 2 is 1.85 bits per heavy atom. The molecule has 0 fully saturated rings. The Morgan fingerprint density at radius 1 is 1.12 bits per heavy atom. The molecule has 1 N–H and O–H groups in total. The molecular formula is C20H22ClNO4. The fraction of sp³-hybridized carbons (Fsp3) is 0.300. The highest BCUT2D eigenvalue weighted by molar-refractivity contribution is 6.32. The minimum absolute atomic E-state index is 0.128. The number of amides is 1. The van der Waals surface area contributed by atoms with E-state index in [1.165, 1.54) is 13.0 Å². The summed E-state index contributed by atoms with van der Waals surface area (Å²) in [5.41, 5.74) is 1.21. The van der Waals surface area contributed by atoms with E-state index in [4.69, 9.17) is 21.1 Å². The molecule has 0 radical (unpaired) electrons. The van der Waals surface area contributed by atoms with Gasteiger partial charge in [0.25, 0.3) is 5.91 Å². The monoisotopic (exact) mass is 375 g/mol. The maximum Gasteiger partial charge on any atom is 0.255 e. The number of hydrogen-bond acceptors (Lipinski definition) is 4. The summed E-state index contributed by atoms with van der Waals surface area (Å²) >= 11 is 6.30. The number of para-hydroxylation sites is 1. The molecule has 0 aliphatic rings. The molecule has 0 heterocycles. The Labute approximate surface area is 158 Å². The number of halogens is 1. The number of rotatable bonds is 8. The van der Waals surface area contributed by atoms with Crippen molar-refractivity contribution in [3.63, 3.8) is 0 Å². The van der Waals surface area contributed by atoms with Crippen LogP contribution >= 0.6 is 11.6 Å². The fourth-order valence-electron chi connectivity index (χ4n) is 2.40. The van der Waals surface area contributed by atoms with E-state index in [0.29, 0.717) is 46.5 Å². The smallest absolute Gasteiger partial charge is 0.255 e. The molecule has 0 spiro atoms. The van der Waals surface area contributed by atoms with E-state index in [1.54, 1.807) is 30.3 Å². The van der Waals surface area contributed by atoms with Gasteiger partial charge in [-0.1, -0.05) is 30.7 Å². The molecule has 0 aliphatic heterocycles. The third-order valence-corrected chi connectivity index (χ3v) is 3.86. The quantitative estimate of drug-likeness (QED) is 0.660. The second-order valence-electron chi connectivity index (χ2n) is 5.62. The van der Waals surface area contributed by atoms with Crippen LogP contribution in [0.15, 0.2) is 36.4 Å².